The second-order valence-corrected chi connectivity index (χ2v) is 8.19. The van der Waals surface area contributed by atoms with E-state index in [1.54, 1.807) is 39.8 Å². The van der Waals surface area contributed by atoms with Crippen LogP contribution in [0.25, 0.3) is 0 Å². The quantitative estimate of drug-likeness (QED) is 0.800. The van der Waals surface area contributed by atoms with Gasteiger partial charge >= 0.3 is 5.97 Å². The minimum Gasteiger partial charge on any atom is -0.460 e. The highest BCUT2D eigenvalue weighted by molar-refractivity contribution is 9.10. The molecule has 0 saturated heterocycles. The summed E-state index contributed by atoms with van der Waals surface area (Å²) in [6.07, 6.45) is -0.0104. The Morgan fingerprint density at radius 2 is 1.95 bits per heavy atom. The topological polar surface area (TPSA) is 72.5 Å². The Labute approximate surface area is 134 Å². The number of hydrogen-bond acceptors (Lipinski definition) is 4. The summed E-state index contributed by atoms with van der Waals surface area (Å²) in [6, 6.07) is 4.95. The lowest BCUT2D eigenvalue weighted by Crippen LogP contribution is -2.30. The van der Waals surface area contributed by atoms with Gasteiger partial charge in [0.05, 0.1) is 11.3 Å². The van der Waals surface area contributed by atoms with Crippen molar-refractivity contribution in [1.29, 1.82) is 0 Å². The highest BCUT2D eigenvalue weighted by atomic mass is 79.9. The molecule has 1 aromatic rings. The van der Waals surface area contributed by atoms with Crippen molar-refractivity contribution in [2.24, 2.45) is 0 Å². The molecule has 0 amide bonds. The standard InChI is InChI=1S/C14H20BrNO4S/c1-10-11(15)6-5-7-12(10)21(18,19)16-9-8-13(17)20-14(2,3)4/h5-7,16H,8-9H2,1-4H3. The number of esters is 1. The molecule has 0 aromatic heterocycles. The fourth-order valence-electron chi connectivity index (χ4n) is 1.64. The van der Waals surface area contributed by atoms with E-state index in [9.17, 15) is 13.2 Å². The Hall–Kier alpha value is -0.920. The predicted octanol–water partition coefficient (Wildman–Crippen LogP) is 2.77. The van der Waals surface area contributed by atoms with Crippen LogP contribution in [0, 0.1) is 6.92 Å². The monoisotopic (exact) mass is 377 g/mol. The summed E-state index contributed by atoms with van der Waals surface area (Å²) in [4.78, 5) is 11.7. The average Bonchev–Trinajstić information content (AvgIpc) is 2.29. The summed E-state index contributed by atoms with van der Waals surface area (Å²) in [5, 5.41) is 0. The first kappa shape index (κ1) is 18.1. The van der Waals surface area contributed by atoms with Gasteiger partial charge in [0.2, 0.25) is 10.0 Å². The third-order valence-electron chi connectivity index (χ3n) is 2.55. The van der Waals surface area contributed by atoms with Crippen LogP contribution in [0.1, 0.15) is 32.8 Å². The molecule has 0 heterocycles. The van der Waals surface area contributed by atoms with Crippen molar-refractivity contribution in [3.8, 4) is 0 Å². The molecular weight excluding hydrogens is 358 g/mol. The van der Waals surface area contributed by atoms with Gasteiger partial charge in [0.1, 0.15) is 5.60 Å². The molecule has 1 rings (SSSR count). The van der Waals surface area contributed by atoms with Gasteiger partial charge in [0.25, 0.3) is 0 Å². The Morgan fingerprint density at radius 3 is 2.52 bits per heavy atom. The van der Waals surface area contributed by atoms with Crippen LogP contribution in [-0.2, 0) is 19.6 Å². The lowest BCUT2D eigenvalue weighted by Gasteiger charge is -2.19. The number of ether oxygens (including phenoxy) is 1. The zero-order chi connectivity index (χ0) is 16.3. The van der Waals surface area contributed by atoms with E-state index in [0.717, 1.165) is 4.47 Å². The fourth-order valence-corrected chi connectivity index (χ4v) is 3.43. The third kappa shape index (κ3) is 5.76. The van der Waals surface area contributed by atoms with Crippen molar-refractivity contribution in [2.45, 2.75) is 44.6 Å². The molecule has 0 saturated carbocycles. The summed E-state index contributed by atoms with van der Waals surface area (Å²) in [7, 11) is -3.64. The molecule has 1 N–H and O–H groups in total. The number of nitrogens with one attached hydrogen (secondary N) is 1. The molecule has 0 aliphatic rings. The Morgan fingerprint density at radius 1 is 1.33 bits per heavy atom. The van der Waals surface area contributed by atoms with E-state index >= 15 is 0 Å². The van der Waals surface area contributed by atoms with Gasteiger partial charge in [0.15, 0.2) is 0 Å². The van der Waals surface area contributed by atoms with Crippen LogP contribution in [-0.4, -0.2) is 26.5 Å². The Balaban J connectivity index is 2.66. The van der Waals surface area contributed by atoms with Crippen molar-refractivity contribution < 1.29 is 17.9 Å². The maximum Gasteiger partial charge on any atom is 0.307 e. The van der Waals surface area contributed by atoms with Crippen molar-refractivity contribution in [1.82, 2.24) is 4.72 Å². The van der Waals surface area contributed by atoms with Gasteiger partial charge in [-0.1, -0.05) is 22.0 Å². The van der Waals surface area contributed by atoms with Crippen LogP contribution in [0.4, 0.5) is 0 Å². The second kappa shape index (κ2) is 6.89. The number of carbonyl (C=O) groups excluding carboxylic acids is 1. The molecule has 0 aliphatic carbocycles. The first-order valence-electron chi connectivity index (χ1n) is 6.49. The maximum absolute atomic E-state index is 12.2. The first-order chi connectivity index (χ1) is 9.53. The minimum atomic E-state index is -3.64. The lowest BCUT2D eigenvalue weighted by atomic mass is 10.2. The molecule has 0 aliphatic heterocycles. The first-order valence-corrected chi connectivity index (χ1v) is 8.77. The summed E-state index contributed by atoms with van der Waals surface area (Å²) in [6.45, 7) is 7.01. The fraction of sp³-hybridized carbons (Fsp3) is 0.500. The molecule has 0 unspecified atom stereocenters. The van der Waals surface area contributed by atoms with Gasteiger partial charge in [-0.2, -0.15) is 0 Å². The van der Waals surface area contributed by atoms with E-state index in [-0.39, 0.29) is 17.9 Å². The van der Waals surface area contributed by atoms with Gasteiger partial charge in [-0.05, 0) is 45.4 Å². The maximum atomic E-state index is 12.2. The van der Waals surface area contributed by atoms with Crippen molar-refractivity contribution in [3.05, 3.63) is 28.2 Å². The number of carbonyl (C=O) groups is 1. The number of benzene rings is 1. The molecule has 0 spiro atoms. The normalized spacial score (nSPS) is 12.2. The van der Waals surface area contributed by atoms with Gasteiger partial charge in [-0.15, -0.1) is 0 Å². The second-order valence-electron chi connectivity index (χ2n) is 5.60. The van der Waals surface area contributed by atoms with Crippen molar-refractivity contribution in [2.75, 3.05) is 6.54 Å². The van der Waals surface area contributed by atoms with Gasteiger partial charge in [-0.3, -0.25) is 4.79 Å². The van der Waals surface area contributed by atoms with Gasteiger partial charge in [-0.25, -0.2) is 13.1 Å². The molecule has 0 atom stereocenters. The average molecular weight is 378 g/mol. The van der Waals surface area contributed by atoms with Crippen LogP contribution in [0.3, 0.4) is 0 Å². The molecule has 0 fully saturated rings. The SMILES string of the molecule is Cc1c(Br)cccc1S(=O)(=O)NCCC(=O)OC(C)(C)C. The van der Waals surface area contributed by atoms with Crippen LogP contribution in [0.5, 0.6) is 0 Å². The molecule has 21 heavy (non-hydrogen) atoms. The van der Waals surface area contributed by atoms with E-state index < -0.39 is 21.6 Å². The highest BCUT2D eigenvalue weighted by Crippen LogP contribution is 2.22. The van der Waals surface area contributed by atoms with E-state index in [4.69, 9.17) is 4.74 Å². The summed E-state index contributed by atoms with van der Waals surface area (Å²) in [5.74, 6) is -0.434. The predicted molar refractivity (Wildman–Crippen MR) is 84.5 cm³/mol. The Kier molecular flexibility index (Phi) is 5.95. The Bertz CT molecular complexity index is 620. The van der Waals surface area contributed by atoms with Crippen LogP contribution in [0.15, 0.2) is 27.6 Å². The summed E-state index contributed by atoms with van der Waals surface area (Å²) in [5.41, 5.74) is 0.0545. The molecule has 0 bridgehead atoms. The molecule has 7 heteroatoms. The molecule has 118 valence electrons. The van der Waals surface area contributed by atoms with Crippen LogP contribution >= 0.6 is 15.9 Å². The van der Waals surface area contributed by atoms with Crippen LogP contribution in [0.2, 0.25) is 0 Å². The molecular formula is C14H20BrNO4S. The third-order valence-corrected chi connectivity index (χ3v) is 5.01. The number of sulfonamides is 1. The number of hydrogen-bond donors (Lipinski definition) is 1. The zero-order valence-electron chi connectivity index (χ0n) is 12.6. The van der Waals surface area contributed by atoms with Gasteiger partial charge in [0, 0.05) is 11.0 Å². The molecule has 0 radical (unpaired) electrons. The molecule has 1 aromatic carbocycles. The summed E-state index contributed by atoms with van der Waals surface area (Å²) >= 11 is 3.30. The lowest BCUT2D eigenvalue weighted by molar-refractivity contribution is -0.154. The number of rotatable bonds is 5. The van der Waals surface area contributed by atoms with Gasteiger partial charge < -0.3 is 4.74 Å². The van der Waals surface area contributed by atoms with Crippen LogP contribution < -0.4 is 4.72 Å². The van der Waals surface area contributed by atoms with E-state index in [1.165, 1.54) is 6.07 Å². The van der Waals surface area contributed by atoms with E-state index in [2.05, 4.69) is 20.7 Å². The van der Waals surface area contributed by atoms with Crippen molar-refractivity contribution in [3.63, 3.8) is 0 Å². The number of halogens is 1. The van der Waals surface area contributed by atoms with E-state index in [0.29, 0.717) is 5.56 Å². The molecule has 5 nitrogen and oxygen atoms in total. The van der Waals surface area contributed by atoms with E-state index in [1.807, 2.05) is 0 Å². The largest absolute Gasteiger partial charge is 0.460 e. The zero-order valence-corrected chi connectivity index (χ0v) is 15.0. The van der Waals surface area contributed by atoms with Crippen molar-refractivity contribution >= 4 is 31.9 Å². The highest BCUT2D eigenvalue weighted by Gasteiger charge is 2.20. The summed E-state index contributed by atoms with van der Waals surface area (Å²) < 4.78 is 32.6. The smallest absolute Gasteiger partial charge is 0.307 e. The minimum absolute atomic E-state index is 0.00317.